The van der Waals surface area contributed by atoms with E-state index >= 15 is 0 Å². The van der Waals surface area contributed by atoms with E-state index in [1.54, 1.807) is 0 Å². The van der Waals surface area contributed by atoms with Crippen LogP contribution in [0.2, 0.25) is 0 Å². The maximum atomic E-state index is 4.50. The Bertz CT molecular complexity index is 787. The summed E-state index contributed by atoms with van der Waals surface area (Å²) in [4.78, 5) is 13.1. The van der Waals surface area contributed by atoms with Crippen LogP contribution in [-0.4, -0.2) is 24.1 Å². The molecule has 0 saturated carbocycles. The number of rotatable bonds is 4. The predicted octanol–water partition coefficient (Wildman–Crippen LogP) is 5.54. The van der Waals surface area contributed by atoms with Crippen molar-refractivity contribution >= 4 is 54.9 Å². The SMILES string of the molecule is CN(c1cccc(N(C)c2cccc(Br)n2)c1)c1cccc(Br)n1. The van der Waals surface area contributed by atoms with Gasteiger partial charge in [-0.05, 0) is 74.3 Å². The summed E-state index contributed by atoms with van der Waals surface area (Å²) in [6.07, 6.45) is 0. The van der Waals surface area contributed by atoms with E-state index in [4.69, 9.17) is 0 Å². The molecular formula is C18H16Br2N4. The van der Waals surface area contributed by atoms with Gasteiger partial charge < -0.3 is 9.80 Å². The summed E-state index contributed by atoms with van der Waals surface area (Å²) in [5.74, 6) is 1.76. The van der Waals surface area contributed by atoms with Gasteiger partial charge in [-0.3, -0.25) is 0 Å². The first kappa shape index (κ1) is 16.9. The lowest BCUT2D eigenvalue weighted by molar-refractivity contribution is 1.09. The molecule has 2 aromatic heterocycles. The number of pyridine rings is 2. The average Bonchev–Trinajstić information content (AvgIpc) is 2.60. The minimum absolute atomic E-state index is 0.818. The van der Waals surface area contributed by atoms with Crippen molar-refractivity contribution in [3.8, 4) is 0 Å². The first-order valence-corrected chi connectivity index (χ1v) is 8.96. The summed E-state index contributed by atoms with van der Waals surface area (Å²) in [6, 6.07) is 20.0. The minimum atomic E-state index is 0.818. The van der Waals surface area contributed by atoms with Gasteiger partial charge in [0, 0.05) is 25.5 Å². The van der Waals surface area contributed by atoms with Crippen LogP contribution in [0.15, 0.2) is 69.9 Å². The Kier molecular flexibility index (Phi) is 5.16. The molecule has 2 heterocycles. The van der Waals surface area contributed by atoms with E-state index < -0.39 is 0 Å². The van der Waals surface area contributed by atoms with Gasteiger partial charge in [-0.15, -0.1) is 0 Å². The number of halogens is 2. The standard InChI is InChI=1S/C18H16Br2N4/c1-23(17-10-4-8-15(19)21-17)13-6-3-7-14(12-13)24(2)18-11-5-9-16(20)22-18/h3-12H,1-2H3. The molecule has 0 aliphatic heterocycles. The van der Waals surface area contributed by atoms with Crippen molar-refractivity contribution in [2.75, 3.05) is 23.9 Å². The first-order chi connectivity index (χ1) is 11.5. The third-order valence-corrected chi connectivity index (χ3v) is 4.58. The molecule has 1 aromatic carbocycles. The van der Waals surface area contributed by atoms with Gasteiger partial charge in [0.05, 0.1) is 0 Å². The van der Waals surface area contributed by atoms with E-state index in [1.165, 1.54) is 0 Å². The van der Waals surface area contributed by atoms with E-state index in [-0.39, 0.29) is 0 Å². The van der Waals surface area contributed by atoms with Gasteiger partial charge >= 0.3 is 0 Å². The van der Waals surface area contributed by atoms with Crippen LogP contribution in [0.25, 0.3) is 0 Å². The van der Waals surface area contributed by atoms with Crippen LogP contribution in [0.4, 0.5) is 23.0 Å². The second-order valence-electron chi connectivity index (χ2n) is 5.27. The molecule has 0 spiro atoms. The zero-order valence-electron chi connectivity index (χ0n) is 13.3. The van der Waals surface area contributed by atoms with Gasteiger partial charge in [-0.1, -0.05) is 18.2 Å². The first-order valence-electron chi connectivity index (χ1n) is 7.37. The molecule has 24 heavy (non-hydrogen) atoms. The van der Waals surface area contributed by atoms with E-state index in [0.717, 1.165) is 32.2 Å². The second kappa shape index (κ2) is 7.32. The number of aromatic nitrogens is 2. The highest BCUT2D eigenvalue weighted by molar-refractivity contribution is 9.10. The summed E-state index contributed by atoms with van der Waals surface area (Å²) in [5, 5.41) is 0. The Morgan fingerprint density at radius 2 is 1.08 bits per heavy atom. The number of benzene rings is 1. The molecular weight excluding hydrogens is 432 g/mol. The van der Waals surface area contributed by atoms with E-state index in [2.05, 4.69) is 69.8 Å². The van der Waals surface area contributed by atoms with Gasteiger partial charge in [-0.25, -0.2) is 9.97 Å². The largest absolute Gasteiger partial charge is 0.329 e. The molecule has 0 saturated heterocycles. The van der Waals surface area contributed by atoms with E-state index in [9.17, 15) is 0 Å². The normalized spacial score (nSPS) is 10.5. The molecule has 0 N–H and O–H groups in total. The van der Waals surface area contributed by atoms with Crippen molar-refractivity contribution in [1.82, 2.24) is 9.97 Å². The fourth-order valence-electron chi connectivity index (χ4n) is 2.34. The number of hydrogen-bond acceptors (Lipinski definition) is 4. The highest BCUT2D eigenvalue weighted by Gasteiger charge is 2.10. The highest BCUT2D eigenvalue weighted by atomic mass is 79.9. The quantitative estimate of drug-likeness (QED) is 0.491. The molecule has 3 aromatic rings. The van der Waals surface area contributed by atoms with Crippen LogP contribution in [0.1, 0.15) is 0 Å². The molecule has 6 heteroatoms. The topological polar surface area (TPSA) is 32.3 Å². The fourth-order valence-corrected chi connectivity index (χ4v) is 3.01. The molecule has 122 valence electrons. The molecule has 0 fully saturated rings. The molecule has 0 aliphatic carbocycles. The van der Waals surface area contributed by atoms with Crippen LogP contribution >= 0.6 is 31.9 Å². The molecule has 0 aliphatic rings. The molecule has 3 rings (SSSR count). The second-order valence-corrected chi connectivity index (χ2v) is 6.90. The van der Waals surface area contributed by atoms with Crippen molar-refractivity contribution in [2.45, 2.75) is 0 Å². The zero-order valence-corrected chi connectivity index (χ0v) is 16.5. The monoisotopic (exact) mass is 446 g/mol. The van der Waals surface area contributed by atoms with Crippen LogP contribution in [0.3, 0.4) is 0 Å². The van der Waals surface area contributed by atoms with Gasteiger partial charge in [0.1, 0.15) is 20.8 Å². The minimum Gasteiger partial charge on any atom is -0.329 e. The summed E-state index contributed by atoms with van der Waals surface area (Å²) >= 11 is 6.84. The van der Waals surface area contributed by atoms with Crippen molar-refractivity contribution in [1.29, 1.82) is 0 Å². The van der Waals surface area contributed by atoms with Crippen molar-refractivity contribution in [3.63, 3.8) is 0 Å². The van der Waals surface area contributed by atoms with Crippen molar-refractivity contribution < 1.29 is 0 Å². The lowest BCUT2D eigenvalue weighted by atomic mass is 10.2. The van der Waals surface area contributed by atoms with E-state index in [1.807, 2.05) is 56.6 Å². The number of nitrogens with zero attached hydrogens (tertiary/aromatic N) is 4. The van der Waals surface area contributed by atoms with E-state index in [0.29, 0.717) is 0 Å². The molecule has 0 bridgehead atoms. The Morgan fingerprint density at radius 1 is 0.667 bits per heavy atom. The lowest BCUT2D eigenvalue weighted by Gasteiger charge is -2.23. The van der Waals surface area contributed by atoms with Crippen LogP contribution < -0.4 is 9.80 Å². The summed E-state index contributed by atoms with van der Waals surface area (Å²) in [6.45, 7) is 0. The maximum Gasteiger partial charge on any atom is 0.134 e. The predicted molar refractivity (Wildman–Crippen MR) is 106 cm³/mol. The summed E-state index contributed by atoms with van der Waals surface area (Å²) in [7, 11) is 4.01. The Labute approximate surface area is 158 Å². The third kappa shape index (κ3) is 3.76. The average molecular weight is 448 g/mol. The zero-order chi connectivity index (χ0) is 17.1. The Morgan fingerprint density at radius 3 is 1.50 bits per heavy atom. The number of hydrogen-bond donors (Lipinski definition) is 0. The van der Waals surface area contributed by atoms with Gasteiger partial charge in [0.25, 0.3) is 0 Å². The fraction of sp³-hybridized carbons (Fsp3) is 0.111. The Balaban J connectivity index is 1.91. The van der Waals surface area contributed by atoms with Gasteiger partial charge in [0.15, 0.2) is 0 Å². The maximum absolute atomic E-state index is 4.50. The lowest BCUT2D eigenvalue weighted by Crippen LogP contribution is -2.14. The molecule has 0 atom stereocenters. The Hall–Kier alpha value is -1.92. The smallest absolute Gasteiger partial charge is 0.134 e. The van der Waals surface area contributed by atoms with Crippen LogP contribution in [0.5, 0.6) is 0 Å². The number of anilines is 4. The third-order valence-electron chi connectivity index (χ3n) is 3.69. The molecule has 4 nitrogen and oxygen atoms in total. The summed E-state index contributed by atoms with van der Waals surface area (Å²) < 4.78 is 1.64. The summed E-state index contributed by atoms with van der Waals surface area (Å²) in [5.41, 5.74) is 2.11. The highest BCUT2D eigenvalue weighted by Crippen LogP contribution is 2.29. The van der Waals surface area contributed by atoms with Crippen molar-refractivity contribution in [2.24, 2.45) is 0 Å². The van der Waals surface area contributed by atoms with Crippen LogP contribution in [-0.2, 0) is 0 Å². The van der Waals surface area contributed by atoms with Gasteiger partial charge in [0.2, 0.25) is 0 Å². The van der Waals surface area contributed by atoms with Crippen LogP contribution in [0, 0.1) is 0 Å². The molecule has 0 radical (unpaired) electrons. The molecule has 0 unspecified atom stereocenters. The van der Waals surface area contributed by atoms with Crippen molar-refractivity contribution in [3.05, 3.63) is 69.9 Å². The van der Waals surface area contributed by atoms with Gasteiger partial charge in [-0.2, -0.15) is 0 Å². The molecule has 0 amide bonds.